The Morgan fingerprint density at radius 2 is 1.38 bits per heavy atom. The maximum atomic E-state index is 2.63. The molecule has 2 aromatic rings. The summed E-state index contributed by atoms with van der Waals surface area (Å²) < 4.78 is 2.63. The van der Waals surface area contributed by atoms with Crippen LogP contribution >= 0.6 is 8.07 Å². The standard InChI is InChI=1S/C23H31N2P/c1-3-5-12-18-24-19-20-25(23(24)13-4-2)26(21-14-8-6-9-15-21)22-16-10-7-11-17-22/h6-11,14-17,19-20,23H,3-5,12-13,18H2,1-2H3. The summed E-state index contributed by atoms with van der Waals surface area (Å²) in [4.78, 5) is 2.57. The monoisotopic (exact) mass is 366 g/mol. The lowest BCUT2D eigenvalue weighted by Crippen LogP contribution is -2.39. The summed E-state index contributed by atoms with van der Waals surface area (Å²) in [7, 11) is -0.543. The topological polar surface area (TPSA) is 6.48 Å². The van der Waals surface area contributed by atoms with Gasteiger partial charge in [0.05, 0.1) is 8.07 Å². The molecule has 0 saturated heterocycles. The van der Waals surface area contributed by atoms with E-state index in [4.69, 9.17) is 0 Å². The number of rotatable bonds is 9. The van der Waals surface area contributed by atoms with Gasteiger partial charge in [-0.05, 0) is 12.8 Å². The quantitative estimate of drug-likeness (QED) is 0.431. The Labute approximate surface area is 160 Å². The summed E-state index contributed by atoms with van der Waals surface area (Å²) in [6, 6.07) is 22.0. The van der Waals surface area contributed by atoms with Crippen LogP contribution in [-0.4, -0.2) is 22.3 Å². The van der Waals surface area contributed by atoms with Crippen LogP contribution in [0, 0.1) is 0 Å². The fourth-order valence-corrected chi connectivity index (χ4v) is 6.03. The lowest BCUT2D eigenvalue weighted by molar-refractivity contribution is 0.204. The summed E-state index contributed by atoms with van der Waals surface area (Å²) in [5.41, 5.74) is 0. The van der Waals surface area contributed by atoms with Crippen LogP contribution in [-0.2, 0) is 0 Å². The van der Waals surface area contributed by atoms with Gasteiger partial charge in [-0.1, -0.05) is 93.8 Å². The van der Waals surface area contributed by atoms with E-state index in [1.54, 1.807) is 0 Å². The molecule has 2 nitrogen and oxygen atoms in total. The third-order valence-corrected chi connectivity index (χ3v) is 7.33. The molecule has 0 saturated carbocycles. The van der Waals surface area contributed by atoms with Crippen molar-refractivity contribution in [2.45, 2.75) is 52.1 Å². The highest BCUT2D eigenvalue weighted by atomic mass is 31.1. The first kappa shape index (κ1) is 19.0. The molecular weight excluding hydrogens is 335 g/mol. The molecule has 0 radical (unpaired) electrons. The lowest BCUT2D eigenvalue weighted by Gasteiger charge is -2.38. The van der Waals surface area contributed by atoms with Crippen molar-refractivity contribution in [3.05, 3.63) is 73.1 Å². The van der Waals surface area contributed by atoms with Gasteiger partial charge in [-0.3, -0.25) is 0 Å². The Balaban J connectivity index is 1.89. The van der Waals surface area contributed by atoms with E-state index in [1.807, 2.05) is 0 Å². The van der Waals surface area contributed by atoms with Gasteiger partial charge in [0.2, 0.25) is 0 Å². The van der Waals surface area contributed by atoms with Crippen LogP contribution < -0.4 is 10.6 Å². The van der Waals surface area contributed by atoms with E-state index in [0.29, 0.717) is 6.17 Å². The highest BCUT2D eigenvalue weighted by molar-refractivity contribution is 7.70. The predicted octanol–water partition coefficient (Wildman–Crippen LogP) is 5.44. The minimum absolute atomic E-state index is 0.475. The van der Waals surface area contributed by atoms with Crippen LogP contribution in [0.2, 0.25) is 0 Å². The van der Waals surface area contributed by atoms with Gasteiger partial charge in [0.1, 0.15) is 6.17 Å². The zero-order valence-electron chi connectivity index (χ0n) is 16.1. The van der Waals surface area contributed by atoms with Gasteiger partial charge in [-0.25, -0.2) is 0 Å². The van der Waals surface area contributed by atoms with E-state index in [1.165, 1.54) is 42.7 Å². The Bertz CT molecular complexity index is 632. The maximum Gasteiger partial charge on any atom is 0.105 e. The highest BCUT2D eigenvalue weighted by Gasteiger charge is 2.32. The number of hydrogen-bond donors (Lipinski definition) is 0. The van der Waals surface area contributed by atoms with Crippen LogP contribution in [0.4, 0.5) is 0 Å². The van der Waals surface area contributed by atoms with Crippen LogP contribution in [0.1, 0.15) is 46.0 Å². The van der Waals surface area contributed by atoms with Crippen molar-refractivity contribution in [2.24, 2.45) is 0 Å². The molecule has 26 heavy (non-hydrogen) atoms. The first-order chi connectivity index (χ1) is 12.8. The van der Waals surface area contributed by atoms with Crippen molar-refractivity contribution in [3.63, 3.8) is 0 Å². The minimum Gasteiger partial charge on any atom is -0.356 e. The molecule has 0 fully saturated rings. The lowest BCUT2D eigenvalue weighted by atomic mass is 10.2. The van der Waals surface area contributed by atoms with E-state index >= 15 is 0 Å². The Kier molecular flexibility index (Phi) is 7.14. The maximum absolute atomic E-state index is 2.63. The highest BCUT2D eigenvalue weighted by Crippen LogP contribution is 2.44. The van der Waals surface area contributed by atoms with Gasteiger partial charge >= 0.3 is 0 Å². The normalized spacial score (nSPS) is 16.7. The molecule has 3 rings (SSSR count). The Morgan fingerprint density at radius 3 is 1.92 bits per heavy atom. The molecule has 1 aliphatic heterocycles. The summed E-state index contributed by atoms with van der Waals surface area (Å²) in [6.45, 7) is 5.74. The fourth-order valence-electron chi connectivity index (χ4n) is 3.58. The molecule has 138 valence electrons. The summed E-state index contributed by atoms with van der Waals surface area (Å²) >= 11 is 0. The first-order valence-corrected chi connectivity index (χ1v) is 11.3. The average molecular weight is 366 g/mol. The molecule has 1 aliphatic rings. The van der Waals surface area contributed by atoms with Gasteiger partial charge in [-0.15, -0.1) is 0 Å². The van der Waals surface area contributed by atoms with Gasteiger partial charge < -0.3 is 9.57 Å². The third-order valence-electron chi connectivity index (χ3n) is 4.90. The smallest absolute Gasteiger partial charge is 0.105 e. The SMILES string of the molecule is CCCCCN1C=CN(P(c2ccccc2)c2ccccc2)C1CCC. The van der Waals surface area contributed by atoms with E-state index in [2.05, 4.69) is 96.5 Å². The van der Waals surface area contributed by atoms with Crippen molar-refractivity contribution < 1.29 is 0 Å². The van der Waals surface area contributed by atoms with Gasteiger partial charge in [-0.2, -0.15) is 0 Å². The number of hydrogen-bond acceptors (Lipinski definition) is 2. The molecule has 0 aliphatic carbocycles. The summed E-state index contributed by atoms with van der Waals surface area (Å²) in [5.74, 6) is 0. The third kappa shape index (κ3) is 4.48. The number of unbranched alkanes of at least 4 members (excludes halogenated alkanes) is 2. The van der Waals surface area contributed by atoms with Crippen LogP contribution in [0.15, 0.2) is 73.1 Å². The molecule has 0 amide bonds. The van der Waals surface area contributed by atoms with Gasteiger partial charge in [0, 0.05) is 29.6 Å². The molecule has 0 bridgehead atoms. The van der Waals surface area contributed by atoms with Crippen LogP contribution in [0.3, 0.4) is 0 Å². The molecule has 1 unspecified atom stereocenters. The van der Waals surface area contributed by atoms with E-state index < -0.39 is 8.07 Å². The van der Waals surface area contributed by atoms with Gasteiger partial charge in [0.25, 0.3) is 0 Å². The largest absolute Gasteiger partial charge is 0.356 e. The van der Waals surface area contributed by atoms with Crippen molar-refractivity contribution in [3.8, 4) is 0 Å². The second-order valence-electron chi connectivity index (χ2n) is 6.88. The predicted molar refractivity (Wildman–Crippen MR) is 115 cm³/mol. The first-order valence-electron chi connectivity index (χ1n) is 9.97. The second kappa shape index (κ2) is 9.78. The van der Waals surface area contributed by atoms with Crippen molar-refractivity contribution >= 4 is 18.7 Å². The van der Waals surface area contributed by atoms with Crippen molar-refractivity contribution in [2.75, 3.05) is 6.54 Å². The molecule has 0 N–H and O–H groups in total. The fraction of sp³-hybridized carbons (Fsp3) is 0.391. The Hall–Kier alpha value is -1.79. The van der Waals surface area contributed by atoms with E-state index in [9.17, 15) is 0 Å². The summed E-state index contributed by atoms with van der Waals surface area (Å²) in [6.07, 6.45) is 11.4. The molecule has 1 heterocycles. The van der Waals surface area contributed by atoms with Crippen LogP contribution in [0.25, 0.3) is 0 Å². The molecule has 2 aromatic carbocycles. The zero-order chi connectivity index (χ0) is 18.2. The van der Waals surface area contributed by atoms with Crippen molar-refractivity contribution in [1.82, 2.24) is 9.57 Å². The molecule has 3 heteroatoms. The van der Waals surface area contributed by atoms with Crippen molar-refractivity contribution in [1.29, 1.82) is 0 Å². The van der Waals surface area contributed by atoms with E-state index in [0.717, 1.165) is 6.54 Å². The number of benzene rings is 2. The Morgan fingerprint density at radius 1 is 0.769 bits per heavy atom. The molecule has 1 atom stereocenters. The zero-order valence-corrected chi connectivity index (χ0v) is 17.0. The molecular formula is C23H31N2P. The second-order valence-corrected chi connectivity index (χ2v) is 8.99. The molecule has 0 spiro atoms. The van der Waals surface area contributed by atoms with E-state index in [-0.39, 0.29) is 0 Å². The number of nitrogens with zero attached hydrogens (tertiary/aromatic N) is 2. The molecule has 0 aromatic heterocycles. The average Bonchev–Trinajstić information content (AvgIpc) is 3.07. The van der Waals surface area contributed by atoms with Crippen LogP contribution in [0.5, 0.6) is 0 Å². The summed E-state index contributed by atoms with van der Waals surface area (Å²) in [5, 5.41) is 2.85. The van der Waals surface area contributed by atoms with Gasteiger partial charge in [0.15, 0.2) is 0 Å². The minimum atomic E-state index is -0.543.